The van der Waals surface area contributed by atoms with Crippen molar-refractivity contribution in [3.8, 4) is 11.5 Å². The van der Waals surface area contributed by atoms with E-state index in [4.69, 9.17) is 14.2 Å². The molecule has 1 saturated carbocycles. The number of nitro benzene ring substituents is 1. The number of piperidine rings is 1. The lowest BCUT2D eigenvalue weighted by molar-refractivity contribution is -0.386. The Morgan fingerprint density at radius 2 is 1.84 bits per heavy atom. The van der Waals surface area contributed by atoms with E-state index in [-0.39, 0.29) is 41.9 Å². The standard InChI is InChI=1S/C22H29N3O7/c1-2-30-22(27)14-7-9-24(10-8-14)20(21(26)23-15-5-3-4-6-15)16-11-18-19(32-13-31-18)12-17(16)25(28)29/h11-12,14-15,20H,2-10,13H2,1H3,(H,23,26)/t20-/m1/s1. The number of hydrogen-bond acceptors (Lipinski definition) is 8. The van der Waals surface area contributed by atoms with E-state index >= 15 is 0 Å². The van der Waals surface area contributed by atoms with Gasteiger partial charge in [0.15, 0.2) is 11.5 Å². The molecule has 2 aliphatic heterocycles. The predicted octanol–water partition coefficient (Wildman–Crippen LogP) is 2.70. The molecule has 0 radical (unpaired) electrons. The second-order valence-corrected chi connectivity index (χ2v) is 8.48. The van der Waals surface area contributed by atoms with Gasteiger partial charge in [0.25, 0.3) is 5.69 Å². The van der Waals surface area contributed by atoms with Crippen LogP contribution in [0.5, 0.6) is 11.5 Å². The first-order valence-electron chi connectivity index (χ1n) is 11.3. The van der Waals surface area contributed by atoms with E-state index in [1.807, 2.05) is 4.90 Å². The van der Waals surface area contributed by atoms with Gasteiger partial charge in [0.2, 0.25) is 12.7 Å². The molecule has 1 aliphatic carbocycles. The normalized spacial score (nSPS) is 20.2. The van der Waals surface area contributed by atoms with Gasteiger partial charge in [-0.3, -0.25) is 24.6 Å². The largest absolute Gasteiger partial charge is 0.466 e. The van der Waals surface area contributed by atoms with Gasteiger partial charge in [0.1, 0.15) is 6.04 Å². The monoisotopic (exact) mass is 447 g/mol. The Hall–Kier alpha value is -2.88. The Labute approximate surface area is 186 Å². The number of benzene rings is 1. The zero-order chi connectivity index (χ0) is 22.7. The van der Waals surface area contributed by atoms with E-state index in [9.17, 15) is 19.7 Å². The van der Waals surface area contributed by atoms with Crippen LogP contribution in [-0.4, -0.2) is 54.2 Å². The lowest BCUT2D eigenvalue weighted by Crippen LogP contribution is -2.47. The number of hydrogen-bond donors (Lipinski definition) is 1. The number of fused-ring (bicyclic) bond motifs is 1. The fourth-order valence-electron chi connectivity index (χ4n) is 4.83. The molecule has 1 N–H and O–H groups in total. The van der Waals surface area contributed by atoms with Gasteiger partial charge >= 0.3 is 5.97 Å². The summed E-state index contributed by atoms with van der Waals surface area (Å²) in [5, 5.41) is 15.0. The summed E-state index contributed by atoms with van der Waals surface area (Å²) in [6, 6.07) is 2.11. The summed E-state index contributed by atoms with van der Waals surface area (Å²) in [6.45, 7) is 3.00. The molecule has 32 heavy (non-hydrogen) atoms. The second-order valence-electron chi connectivity index (χ2n) is 8.48. The summed E-state index contributed by atoms with van der Waals surface area (Å²) in [5.74, 6) is -0.0137. The molecule has 1 saturated heterocycles. The van der Waals surface area contributed by atoms with Gasteiger partial charge in [0, 0.05) is 19.1 Å². The molecule has 4 rings (SSSR count). The summed E-state index contributed by atoms with van der Waals surface area (Å²) in [7, 11) is 0. The molecule has 2 heterocycles. The van der Waals surface area contributed by atoms with Crippen molar-refractivity contribution in [1.82, 2.24) is 10.2 Å². The van der Waals surface area contributed by atoms with Crippen LogP contribution in [0.2, 0.25) is 0 Å². The van der Waals surface area contributed by atoms with E-state index < -0.39 is 11.0 Å². The van der Waals surface area contributed by atoms with Gasteiger partial charge in [-0.25, -0.2) is 0 Å². The Kier molecular flexibility index (Phi) is 6.78. The minimum atomic E-state index is -0.853. The van der Waals surface area contributed by atoms with Crippen molar-refractivity contribution in [2.45, 2.75) is 57.5 Å². The molecule has 1 aromatic carbocycles. The summed E-state index contributed by atoms with van der Waals surface area (Å²) >= 11 is 0. The Morgan fingerprint density at radius 1 is 1.19 bits per heavy atom. The van der Waals surface area contributed by atoms with Crippen molar-refractivity contribution in [2.24, 2.45) is 5.92 Å². The van der Waals surface area contributed by atoms with Crippen LogP contribution >= 0.6 is 0 Å². The highest BCUT2D eigenvalue weighted by Gasteiger charge is 2.39. The topological polar surface area (TPSA) is 120 Å². The fraction of sp³-hybridized carbons (Fsp3) is 0.636. The molecule has 1 atom stereocenters. The SMILES string of the molecule is CCOC(=O)C1CCN([C@@H](C(=O)NC2CCCC2)c2cc3c(cc2[N+](=O)[O-])OCO3)CC1. The third-order valence-electron chi connectivity index (χ3n) is 6.48. The van der Waals surface area contributed by atoms with Crippen LogP contribution in [0, 0.1) is 16.0 Å². The number of carbonyl (C=O) groups excluding carboxylic acids is 2. The maximum absolute atomic E-state index is 13.5. The first-order chi connectivity index (χ1) is 15.5. The molecule has 0 bridgehead atoms. The molecule has 0 spiro atoms. The molecule has 1 amide bonds. The summed E-state index contributed by atoms with van der Waals surface area (Å²) in [4.78, 5) is 38.9. The minimum absolute atomic E-state index is 0.0141. The number of rotatable bonds is 7. The van der Waals surface area contributed by atoms with Crippen LogP contribution in [0.25, 0.3) is 0 Å². The molecular weight excluding hydrogens is 418 g/mol. The van der Waals surface area contributed by atoms with Gasteiger partial charge < -0.3 is 19.5 Å². The first-order valence-corrected chi connectivity index (χ1v) is 11.3. The molecule has 0 aromatic heterocycles. The first kappa shape index (κ1) is 22.3. The summed E-state index contributed by atoms with van der Waals surface area (Å²) in [5.41, 5.74) is 0.109. The molecule has 3 aliphatic rings. The highest BCUT2D eigenvalue weighted by molar-refractivity contribution is 5.85. The van der Waals surface area contributed by atoms with Crippen LogP contribution in [0.1, 0.15) is 57.1 Å². The highest BCUT2D eigenvalue weighted by Crippen LogP contribution is 2.42. The number of esters is 1. The fourth-order valence-corrected chi connectivity index (χ4v) is 4.83. The number of nitrogens with one attached hydrogen (secondary N) is 1. The average Bonchev–Trinajstić information content (AvgIpc) is 3.45. The van der Waals surface area contributed by atoms with E-state index in [1.54, 1.807) is 13.0 Å². The third-order valence-corrected chi connectivity index (χ3v) is 6.48. The van der Waals surface area contributed by atoms with E-state index in [0.29, 0.717) is 44.0 Å². The zero-order valence-corrected chi connectivity index (χ0v) is 18.2. The number of nitrogens with zero attached hydrogens (tertiary/aromatic N) is 2. The van der Waals surface area contributed by atoms with Gasteiger partial charge in [-0.15, -0.1) is 0 Å². The highest BCUT2D eigenvalue weighted by atomic mass is 16.7. The summed E-state index contributed by atoms with van der Waals surface area (Å²) in [6.07, 6.45) is 5.00. The molecule has 174 valence electrons. The van der Waals surface area contributed by atoms with Crippen molar-refractivity contribution in [3.05, 3.63) is 27.8 Å². The van der Waals surface area contributed by atoms with Gasteiger partial charge in [-0.05, 0) is 38.7 Å². The van der Waals surface area contributed by atoms with Crippen LogP contribution in [0.4, 0.5) is 5.69 Å². The van der Waals surface area contributed by atoms with E-state index in [0.717, 1.165) is 25.7 Å². The van der Waals surface area contributed by atoms with Gasteiger partial charge in [-0.2, -0.15) is 0 Å². The van der Waals surface area contributed by atoms with E-state index in [1.165, 1.54) is 6.07 Å². The number of ether oxygens (including phenoxy) is 3. The van der Waals surface area contributed by atoms with Crippen molar-refractivity contribution in [3.63, 3.8) is 0 Å². The van der Waals surface area contributed by atoms with Crippen molar-refractivity contribution >= 4 is 17.6 Å². The van der Waals surface area contributed by atoms with E-state index in [2.05, 4.69) is 5.32 Å². The second kappa shape index (κ2) is 9.72. The molecule has 0 unspecified atom stereocenters. The zero-order valence-electron chi connectivity index (χ0n) is 18.2. The van der Waals surface area contributed by atoms with Gasteiger partial charge in [0.05, 0.1) is 29.1 Å². The van der Waals surface area contributed by atoms with Crippen LogP contribution < -0.4 is 14.8 Å². The Bertz CT molecular complexity index is 877. The van der Waals surface area contributed by atoms with Crippen molar-refractivity contribution in [1.29, 1.82) is 0 Å². The van der Waals surface area contributed by atoms with Crippen LogP contribution in [-0.2, 0) is 14.3 Å². The number of nitro groups is 1. The maximum atomic E-state index is 13.5. The lowest BCUT2D eigenvalue weighted by atomic mass is 9.93. The van der Waals surface area contributed by atoms with Gasteiger partial charge in [-0.1, -0.05) is 12.8 Å². The average molecular weight is 447 g/mol. The smallest absolute Gasteiger partial charge is 0.309 e. The predicted molar refractivity (Wildman–Crippen MR) is 113 cm³/mol. The number of likely N-dealkylation sites (tertiary alicyclic amines) is 1. The maximum Gasteiger partial charge on any atom is 0.309 e. The molecular formula is C22H29N3O7. The van der Waals surface area contributed by atoms with Crippen LogP contribution in [0.15, 0.2) is 12.1 Å². The number of amides is 1. The third kappa shape index (κ3) is 4.64. The molecule has 2 fully saturated rings. The van der Waals surface area contributed by atoms with Crippen molar-refractivity contribution < 1.29 is 28.7 Å². The molecule has 1 aromatic rings. The van der Waals surface area contributed by atoms with Crippen molar-refractivity contribution in [2.75, 3.05) is 26.5 Å². The number of carbonyl (C=O) groups is 2. The lowest BCUT2D eigenvalue weighted by Gasteiger charge is -2.36. The molecule has 10 heteroatoms. The Balaban J connectivity index is 1.62. The molecule has 10 nitrogen and oxygen atoms in total. The summed E-state index contributed by atoms with van der Waals surface area (Å²) < 4.78 is 15.9. The quantitative estimate of drug-likeness (QED) is 0.385. The Morgan fingerprint density at radius 3 is 2.47 bits per heavy atom. The van der Waals surface area contributed by atoms with Crippen LogP contribution in [0.3, 0.4) is 0 Å². The minimum Gasteiger partial charge on any atom is -0.466 e.